The summed E-state index contributed by atoms with van der Waals surface area (Å²) in [5.74, 6) is -0.361. The van der Waals surface area contributed by atoms with Gasteiger partial charge in [0.2, 0.25) is 0 Å². The van der Waals surface area contributed by atoms with Gasteiger partial charge in [0.1, 0.15) is 0 Å². The SMILES string of the molecule is CCCCCC1(Cc2ccc[nH]2)OCCO1. The lowest BCUT2D eigenvalue weighted by atomic mass is 10.0. The Balaban J connectivity index is 1.92. The van der Waals surface area contributed by atoms with Crippen molar-refractivity contribution in [1.82, 2.24) is 4.98 Å². The summed E-state index contributed by atoms with van der Waals surface area (Å²) < 4.78 is 11.6. The smallest absolute Gasteiger partial charge is 0.173 e. The summed E-state index contributed by atoms with van der Waals surface area (Å²) in [7, 11) is 0. The second-order valence-corrected chi connectivity index (χ2v) is 4.44. The topological polar surface area (TPSA) is 34.2 Å². The second kappa shape index (κ2) is 5.51. The molecule has 90 valence electrons. The zero-order valence-corrected chi connectivity index (χ0v) is 10.00. The minimum atomic E-state index is -0.361. The molecule has 2 rings (SSSR count). The van der Waals surface area contributed by atoms with Gasteiger partial charge in [0.25, 0.3) is 0 Å². The normalized spacial score (nSPS) is 19.1. The van der Waals surface area contributed by atoms with Gasteiger partial charge in [-0.3, -0.25) is 0 Å². The second-order valence-electron chi connectivity index (χ2n) is 4.44. The van der Waals surface area contributed by atoms with E-state index in [0.29, 0.717) is 0 Å². The van der Waals surface area contributed by atoms with E-state index in [9.17, 15) is 0 Å². The lowest BCUT2D eigenvalue weighted by molar-refractivity contribution is -0.162. The maximum atomic E-state index is 5.82. The lowest BCUT2D eigenvalue weighted by Gasteiger charge is -2.27. The Morgan fingerprint density at radius 2 is 2.12 bits per heavy atom. The molecule has 1 N–H and O–H groups in total. The van der Waals surface area contributed by atoms with Crippen molar-refractivity contribution in [3.05, 3.63) is 24.0 Å². The number of nitrogens with one attached hydrogen (secondary N) is 1. The number of hydrogen-bond donors (Lipinski definition) is 1. The molecule has 0 amide bonds. The Kier molecular flexibility index (Phi) is 4.02. The molecule has 0 radical (unpaired) electrons. The highest BCUT2D eigenvalue weighted by Crippen LogP contribution is 2.29. The fraction of sp³-hybridized carbons (Fsp3) is 0.692. The Labute approximate surface area is 97.1 Å². The van der Waals surface area contributed by atoms with Crippen LogP contribution >= 0.6 is 0 Å². The first-order chi connectivity index (χ1) is 7.85. The summed E-state index contributed by atoms with van der Waals surface area (Å²) in [6.07, 6.45) is 7.45. The van der Waals surface area contributed by atoms with Crippen LogP contribution in [0.1, 0.15) is 38.3 Å². The monoisotopic (exact) mass is 223 g/mol. The Morgan fingerprint density at radius 1 is 1.31 bits per heavy atom. The number of hydrogen-bond acceptors (Lipinski definition) is 2. The molecule has 1 aliphatic rings. The van der Waals surface area contributed by atoms with Gasteiger partial charge in [-0.15, -0.1) is 0 Å². The lowest BCUT2D eigenvalue weighted by Crippen LogP contribution is -2.33. The van der Waals surface area contributed by atoms with Gasteiger partial charge < -0.3 is 14.5 Å². The van der Waals surface area contributed by atoms with Crippen LogP contribution in [0.4, 0.5) is 0 Å². The fourth-order valence-corrected chi connectivity index (χ4v) is 2.24. The van der Waals surface area contributed by atoms with Gasteiger partial charge in [-0.05, 0) is 18.6 Å². The zero-order valence-electron chi connectivity index (χ0n) is 10.00. The summed E-state index contributed by atoms with van der Waals surface area (Å²) in [6, 6.07) is 4.11. The molecular formula is C13H21NO2. The molecule has 0 aliphatic carbocycles. The third-order valence-corrected chi connectivity index (χ3v) is 3.10. The first-order valence-electron chi connectivity index (χ1n) is 6.25. The number of unbranched alkanes of at least 4 members (excludes halogenated alkanes) is 2. The largest absolute Gasteiger partial charge is 0.365 e. The number of rotatable bonds is 6. The molecule has 0 bridgehead atoms. The summed E-state index contributed by atoms with van der Waals surface area (Å²) in [5, 5.41) is 0. The summed E-state index contributed by atoms with van der Waals surface area (Å²) >= 11 is 0. The average Bonchev–Trinajstić information content (AvgIpc) is 2.91. The highest BCUT2D eigenvalue weighted by atomic mass is 16.7. The molecule has 3 nitrogen and oxygen atoms in total. The van der Waals surface area contributed by atoms with Gasteiger partial charge in [0.15, 0.2) is 5.79 Å². The standard InChI is InChI=1S/C13H21NO2/c1-2-3-4-7-13(15-9-10-16-13)11-12-6-5-8-14-12/h5-6,8,14H,2-4,7,9-11H2,1H3. The van der Waals surface area contributed by atoms with E-state index in [1.807, 2.05) is 12.3 Å². The molecular weight excluding hydrogens is 202 g/mol. The van der Waals surface area contributed by atoms with Crippen LogP contribution in [0.15, 0.2) is 18.3 Å². The van der Waals surface area contributed by atoms with E-state index in [-0.39, 0.29) is 5.79 Å². The van der Waals surface area contributed by atoms with E-state index in [4.69, 9.17) is 9.47 Å². The van der Waals surface area contributed by atoms with Crippen molar-refractivity contribution in [2.24, 2.45) is 0 Å². The Bertz CT molecular complexity index is 289. The van der Waals surface area contributed by atoms with Gasteiger partial charge in [0.05, 0.1) is 13.2 Å². The molecule has 16 heavy (non-hydrogen) atoms. The molecule has 0 atom stereocenters. The van der Waals surface area contributed by atoms with Crippen LogP contribution in [0, 0.1) is 0 Å². The average molecular weight is 223 g/mol. The highest BCUT2D eigenvalue weighted by molar-refractivity contribution is 5.06. The predicted molar refractivity (Wildman–Crippen MR) is 63.3 cm³/mol. The third-order valence-electron chi connectivity index (χ3n) is 3.10. The molecule has 1 aliphatic heterocycles. The highest BCUT2D eigenvalue weighted by Gasteiger charge is 2.36. The van der Waals surface area contributed by atoms with Crippen molar-refractivity contribution in [2.45, 2.75) is 44.8 Å². The molecule has 1 fully saturated rings. The van der Waals surface area contributed by atoms with Crippen molar-refractivity contribution < 1.29 is 9.47 Å². The van der Waals surface area contributed by atoms with Crippen LogP contribution in [0.5, 0.6) is 0 Å². The molecule has 1 aromatic rings. The van der Waals surface area contributed by atoms with E-state index in [1.54, 1.807) is 0 Å². The number of ether oxygens (including phenoxy) is 2. The summed E-state index contributed by atoms with van der Waals surface area (Å²) in [6.45, 7) is 3.67. The number of H-pyrrole nitrogens is 1. The van der Waals surface area contributed by atoms with Gasteiger partial charge >= 0.3 is 0 Å². The van der Waals surface area contributed by atoms with Crippen LogP contribution in [-0.4, -0.2) is 24.0 Å². The first-order valence-corrected chi connectivity index (χ1v) is 6.25. The van der Waals surface area contributed by atoms with Crippen LogP contribution in [0.2, 0.25) is 0 Å². The van der Waals surface area contributed by atoms with E-state index in [2.05, 4.69) is 18.0 Å². The molecule has 3 heteroatoms. The fourth-order valence-electron chi connectivity index (χ4n) is 2.24. The summed E-state index contributed by atoms with van der Waals surface area (Å²) in [5.41, 5.74) is 1.19. The summed E-state index contributed by atoms with van der Waals surface area (Å²) in [4.78, 5) is 3.22. The maximum absolute atomic E-state index is 5.82. The van der Waals surface area contributed by atoms with Crippen LogP contribution in [-0.2, 0) is 15.9 Å². The quantitative estimate of drug-likeness (QED) is 0.752. The zero-order chi connectivity index (χ0) is 11.3. The van der Waals surface area contributed by atoms with Gasteiger partial charge in [-0.25, -0.2) is 0 Å². The molecule has 0 unspecified atom stereocenters. The molecule has 1 saturated heterocycles. The van der Waals surface area contributed by atoms with Crippen molar-refractivity contribution in [2.75, 3.05) is 13.2 Å². The first kappa shape index (κ1) is 11.7. The Hall–Kier alpha value is -0.800. The van der Waals surface area contributed by atoms with E-state index in [0.717, 1.165) is 26.1 Å². The van der Waals surface area contributed by atoms with Crippen LogP contribution < -0.4 is 0 Å². The van der Waals surface area contributed by atoms with Gasteiger partial charge in [0, 0.05) is 24.7 Å². The molecule has 0 saturated carbocycles. The van der Waals surface area contributed by atoms with Crippen molar-refractivity contribution in [3.8, 4) is 0 Å². The number of aromatic nitrogens is 1. The molecule has 0 aromatic carbocycles. The van der Waals surface area contributed by atoms with Crippen LogP contribution in [0.25, 0.3) is 0 Å². The van der Waals surface area contributed by atoms with E-state index < -0.39 is 0 Å². The minimum Gasteiger partial charge on any atom is -0.365 e. The van der Waals surface area contributed by atoms with Crippen molar-refractivity contribution in [1.29, 1.82) is 0 Å². The van der Waals surface area contributed by atoms with Gasteiger partial charge in [-0.2, -0.15) is 0 Å². The maximum Gasteiger partial charge on any atom is 0.173 e. The van der Waals surface area contributed by atoms with Crippen molar-refractivity contribution in [3.63, 3.8) is 0 Å². The van der Waals surface area contributed by atoms with E-state index in [1.165, 1.54) is 25.0 Å². The third kappa shape index (κ3) is 2.86. The minimum absolute atomic E-state index is 0.361. The molecule has 2 heterocycles. The van der Waals surface area contributed by atoms with Crippen LogP contribution in [0.3, 0.4) is 0 Å². The number of aromatic amines is 1. The van der Waals surface area contributed by atoms with Crippen molar-refractivity contribution >= 4 is 0 Å². The Morgan fingerprint density at radius 3 is 2.75 bits per heavy atom. The van der Waals surface area contributed by atoms with Gasteiger partial charge in [-0.1, -0.05) is 19.8 Å². The predicted octanol–water partition coefficient (Wildman–Crippen LogP) is 2.88. The van der Waals surface area contributed by atoms with E-state index >= 15 is 0 Å². The molecule has 1 aromatic heterocycles. The molecule has 0 spiro atoms.